The van der Waals surface area contributed by atoms with Gasteiger partial charge < -0.3 is 10.4 Å². The summed E-state index contributed by atoms with van der Waals surface area (Å²) in [7, 11) is 0. The molecule has 0 spiro atoms. The minimum Gasteiger partial charge on any atom is -0.507 e. The lowest BCUT2D eigenvalue weighted by Crippen LogP contribution is -2.07. The second-order valence-corrected chi connectivity index (χ2v) is 5.25. The number of halogens is 1. The van der Waals surface area contributed by atoms with Crippen LogP contribution in [0.5, 0.6) is 5.75 Å². The summed E-state index contributed by atoms with van der Waals surface area (Å²) in [5, 5.41) is 23.0. The van der Waals surface area contributed by atoms with Crippen LogP contribution in [0.4, 0.5) is 11.4 Å². The fourth-order valence-electron chi connectivity index (χ4n) is 1.70. The van der Waals surface area contributed by atoms with E-state index in [1.807, 2.05) is 6.07 Å². The Kier molecular flexibility index (Phi) is 4.90. The zero-order chi connectivity index (χ0) is 16.1. The number of anilines is 1. The van der Waals surface area contributed by atoms with Crippen molar-refractivity contribution in [2.45, 2.75) is 0 Å². The molecule has 7 heteroatoms. The van der Waals surface area contributed by atoms with Gasteiger partial charge in [0.1, 0.15) is 5.75 Å². The van der Waals surface area contributed by atoms with Crippen molar-refractivity contribution < 1.29 is 14.8 Å². The Morgan fingerprint density at radius 3 is 2.73 bits per heavy atom. The van der Waals surface area contributed by atoms with E-state index in [1.54, 1.807) is 18.2 Å². The summed E-state index contributed by atoms with van der Waals surface area (Å²) in [5.74, 6) is -0.555. The highest BCUT2D eigenvalue weighted by molar-refractivity contribution is 9.10. The summed E-state index contributed by atoms with van der Waals surface area (Å²) in [6, 6.07) is 10.6. The molecule has 0 fully saturated rings. The maximum absolute atomic E-state index is 11.8. The van der Waals surface area contributed by atoms with Crippen molar-refractivity contribution in [2.24, 2.45) is 0 Å². The van der Waals surface area contributed by atoms with Crippen molar-refractivity contribution >= 4 is 39.3 Å². The molecule has 6 nitrogen and oxygen atoms in total. The number of amides is 1. The highest BCUT2D eigenvalue weighted by Gasteiger charge is 2.08. The van der Waals surface area contributed by atoms with Gasteiger partial charge in [-0.05, 0) is 30.3 Å². The Balaban J connectivity index is 2.12. The third-order valence-electron chi connectivity index (χ3n) is 2.73. The van der Waals surface area contributed by atoms with Gasteiger partial charge in [0.15, 0.2) is 0 Å². The SMILES string of the molecule is O=C(C=Cc1cc([N+](=O)[O-])ccc1O)Nc1cccc(Br)c1. The van der Waals surface area contributed by atoms with Gasteiger partial charge in [0, 0.05) is 33.9 Å². The lowest BCUT2D eigenvalue weighted by molar-refractivity contribution is -0.384. The molecule has 2 N–H and O–H groups in total. The number of aromatic hydroxyl groups is 1. The van der Waals surface area contributed by atoms with E-state index in [-0.39, 0.29) is 17.0 Å². The third-order valence-corrected chi connectivity index (χ3v) is 3.22. The monoisotopic (exact) mass is 362 g/mol. The van der Waals surface area contributed by atoms with E-state index in [9.17, 15) is 20.0 Å². The van der Waals surface area contributed by atoms with Crippen molar-refractivity contribution in [3.8, 4) is 5.75 Å². The normalized spacial score (nSPS) is 10.6. The first-order valence-corrected chi connectivity index (χ1v) is 6.97. The highest BCUT2D eigenvalue weighted by atomic mass is 79.9. The summed E-state index contributed by atoms with van der Waals surface area (Å²) >= 11 is 3.29. The second-order valence-electron chi connectivity index (χ2n) is 4.33. The number of hydrogen-bond acceptors (Lipinski definition) is 4. The maximum Gasteiger partial charge on any atom is 0.270 e. The van der Waals surface area contributed by atoms with Gasteiger partial charge in [-0.15, -0.1) is 0 Å². The van der Waals surface area contributed by atoms with Crippen LogP contribution in [0.15, 0.2) is 53.0 Å². The number of carbonyl (C=O) groups excluding carboxylic acids is 1. The Morgan fingerprint density at radius 1 is 1.27 bits per heavy atom. The van der Waals surface area contributed by atoms with Crippen molar-refractivity contribution in [3.05, 3.63) is 68.7 Å². The summed E-state index contributed by atoms with van der Waals surface area (Å²) in [4.78, 5) is 21.9. The van der Waals surface area contributed by atoms with Crippen LogP contribution in [0.1, 0.15) is 5.56 Å². The van der Waals surface area contributed by atoms with E-state index in [2.05, 4.69) is 21.2 Å². The van der Waals surface area contributed by atoms with Crippen molar-refractivity contribution in [3.63, 3.8) is 0 Å². The number of nitrogens with one attached hydrogen (secondary N) is 1. The van der Waals surface area contributed by atoms with Gasteiger partial charge in [0.05, 0.1) is 4.92 Å². The Bertz CT molecular complexity index is 759. The Labute approximate surface area is 134 Å². The number of phenols is 1. The van der Waals surface area contributed by atoms with Crippen LogP contribution >= 0.6 is 15.9 Å². The molecule has 0 aliphatic carbocycles. The molecule has 2 rings (SSSR count). The maximum atomic E-state index is 11.8. The molecule has 0 aromatic heterocycles. The number of nitro benzene ring substituents is 1. The van der Waals surface area contributed by atoms with E-state index in [0.29, 0.717) is 5.69 Å². The lowest BCUT2D eigenvalue weighted by atomic mass is 10.1. The Morgan fingerprint density at radius 2 is 2.05 bits per heavy atom. The molecule has 0 saturated heterocycles. The molecule has 0 radical (unpaired) electrons. The van der Waals surface area contributed by atoms with Gasteiger partial charge >= 0.3 is 0 Å². The highest BCUT2D eigenvalue weighted by Crippen LogP contribution is 2.24. The first-order chi connectivity index (χ1) is 10.5. The topological polar surface area (TPSA) is 92.5 Å². The summed E-state index contributed by atoms with van der Waals surface area (Å²) < 4.78 is 0.825. The average molecular weight is 363 g/mol. The van der Waals surface area contributed by atoms with Crippen LogP contribution in [0.2, 0.25) is 0 Å². The molecule has 0 heterocycles. The molecular weight excluding hydrogens is 352 g/mol. The fourth-order valence-corrected chi connectivity index (χ4v) is 2.10. The zero-order valence-corrected chi connectivity index (χ0v) is 12.8. The number of phenolic OH excluding ortho intramolecular Hbond substituents is 1. The van der Waals surface area contributed by atoms with Crippen LogP contribution in [0, 0.1) is 10.1 Å². The summed E-state index contributed by atoms with van der Waals surface area (Å²) in [6.07, 6.45) is 2.51. The fraction of sp³-hybridized carbons (Fsp3) is 0. The van der Waals surface area contributed by atoms with Gasteiger partial charge in [-0.25, -0.2) is 0 Å². The minimum absolute atomic E-state index is 0.142. The number of rotatable bonds is 4. The molecule has 2 aromatic rings. The third kappa shape index (κ3) is 4.16. The van der Waals surface area contributed by atoms with Crippen LogP contribution in [0.3, 0.4) is 0 Å². The molecule has 0 unspecified atom stereocenters. The van der Waals surface area contributed by atoms with Gasteiger partial charge in [-0.3, -0.25) is 14.9 Å². The van der Waals surface area contributed by atoms with Crippen molar-refractivity contribution in [2.75, 3.05) is 5.32 Å². The molecule has 112 valence electrons. The van der Waals surface area contributed by atoms with E-state index < -0.39 is 10.8 Å². The molecule has 0 aliphatic rings. The largest absolute Gasteiger partial charge is 0.507 e. The number of nitro groups is 1. The molecule has 1 amide bonds. The van der Waals surface area contributed by atoms with Gasteiger partial charge in [0.2, 0.25) is 5.91 Å². The standard InChI is InChI=1S/C15H11BrN2O4/c16-11-2-1-3-12(9-11)17-15(20)7-4-10-8-13(18(21)22)5-6-14(10)19/h1-9,19H,(H,17,20). The number of nitrogens with zero attached hydrogens (tertiary/aromatic N) is 1. The molecule has 2 aromatic carbocycles. The van der Waals surface area contributed by atoms with Crippen LogP contribution in [0.25, 0.3) is 6.08 Å². The van der Waals surface area contributed by atoms with E-state index in [0.717, 1.165) is 4.47 Å². The van der Waals surface area contributed by atoms with Gasteiger partial charge in [-0.2, -0.15) is 0 Å². The first kappa shape index (κ1) is 15.7. The number of carbonyl (C=O) groups is 1. The van der Waals surface area contributed by atoms with E-state index in [1.165, 1.54) is 30.4 Å². The van der Waals surface area contributed by atoms with Crippen molar-refractivity contribution in [1.82, 2.24) is 0 Å². The molecule has 22 heavy (non-hydrogen) atoms. The summed E-state index contributed by atoms with van der Waals surface area (Å²) in [5.41, 5.74) is 0.635. The minimum atomic E-state index is -0.571. The average Bonchev–Trinajstić information content (AvgIpc) is 2.46. The van der Waals surface area contributed by atoms with Crippen LogP contribution in [-0.2, 0) is 4.79 Å². The predicted octanol–water partition coefficient (Wildman–Crippen LogP) is 3.71. The molecule has 0 bridgehead atoms. The quantitative estimate of drug-likeness (QED) is 0.492. The van der Waals surface area contributed by atoms with Gasteiger partial charge in [-0.1, -0.05) is 22.0 Å². The number of benzene rings is 2. The smallest absolute Gasteiger partial charge is 0.270 e. The van der Waals surface area contributed by atoms with E-state index >= 15 is 0 Å². The predicted molar refractivity (Wildman–Crippen MR) is 86.6 cm³/mol. The van der Waals surface area contributed by atoms with Crippen LogP contribution < -0.4 is 5.32 Å². The summed E-state index contributed by atoms with van der Waals surface area (Å²) in [6.45, 7) is 0. The molecular formula is C15H11BrN2O4. The molecule has 0 atom stereocenters. The lowest BCUT2D eigenvalue weighted by Gasteiger charge is -2.02. The van der Waals surface area contributed by atoms with Crippen molar-refractivity contribution in [1.29, 1.82) is 0 Å². The Hall–Kier alpha value is -2.67. The van der Waals surface area contributed by atoms with Gasteiger partial charge in [0.25, 0.3) is 5.69 Å². The van der Waals surface area contributed by atoms with E-state index in [4.69, 9.17) is 0 Å². The second kappa shape index (κ2) is 6.86. The molecule has 0 saturated carbocycles. The number of hydrogen-bond donors (Lipinski definition) is 2. The molecule has 0 aliphatic heterocycles. The van der Waals surface area contributed by atoms with Crippen LogP contribution in [-0.4, -0.2) is 15.9 Å². The zero-order valence-electron chi connectivity index (χ0n) is 11.2. The first-order valence-electron chi connectivity index (χ1n) is 6.18. The number of non-ortho nitro benzene ring substituents is 1.